The summed E-state index contributed by atoms with van der Waals surface area (Å²) in [6.45, 7) is 6.65. The first-order valence-electron chi connectivity index (χ1n) is 6.08. The Kier molecular flexibility index (Phi) is 5.80. The van der Waals surface area contributed by atoms with Crippen molar-refractivity contribution in [3.05, 3.63) is 35.4 Å². The van der Waals surface area contributed by atoms with E-state index in [1.165, 1.54) is 5.56 Å². The number of urea groups is 1. The maximum atomic E-state index is 11.7. The molecule has 95 valence electrons. The van der Waals surface area contributed by atoms with Crippen LogP contribution in [-0.2, 0) is 39.3 Å². The molecule has 0 aliphatic carbocycles. The van der Waals surface area contributed by atoms with E-state index in [0.29, 0.717) is 12.5 Å². The minimum absolute atomic E-state index is 0. The summed E-state index contributed by atoms with van der Waals surface area (Å²) in [5.74, 6) is 0.503. The van der Waals surface area contributed by atoms with E-state index in [9.17, 15) is 4.79 Å². The number of rotatable bonds is 3. The van der Waals surface area contributed by atoms with Gasteiger partial charge in [-0.15, -0.1) is 5.56 Å². The summed E-state index contributed by atoms with van der Waals surface area (Å²) in [4.78, 5) is 15.4. The molecule has 1 radical (unpaired) electrons. The Bertz CT molecular complexity index is 403. The van der Waals surface area contributed by atoms with Crippen molar-refractivity contribution in [1.29, 1.82) is 0 Å². The Hall–Kier alpha value is -0.406. The third kappa shape index (κ3) is 3.55. The third-order valence-electron chi connectivity index (χ3n) is 3.20. The van der Waals surface area contributed by atoms with Crippen LogP contribution in [0.1, 0.15) is 30.9 Å². The molecule has 0 unspecified atom stereocenters. The van der Waals surface area contributed by atoms with Crippen molar-refractivity contribution >= 4 is 6.03 Å². The zero-order valence-corrected chi connectivity index (χ0v) is 14.1. The number of amides is 2. The zero-order valence-electron chi connectivity index (χ0n) is 11.3. The molecule has 1 heterocycles. The maximum Gasteiger partial charge on any atom is 0.319 e. The average Bonchev–Trinajstić information content (AvgIpc) is 2.62. The van der Waals surface area contributed by atoms with Gasteiger partial charge in [-0.3, -0.25) is 0 Å². The predicted octanol–water partition coefficient (Wildman–Crippen LogP) is 2.48. The van der Waals surface area contributed by atoms with E-state index in [-0.39, 0.29) is 38.7 Å². The van der Waals surface area contributed by atoms with E-state index in [4.69, 9.17) is 0 Å². The number of hydrogen-bond donors (Lipinski definition) is 0. The van der Waals surface area contributed by atoms with Gasteiger partial charge in [0.25, 0.3) is 0 Å². The van der Waals surface area contributed by atoms with Crippen LogP contribution in [0.4, 0.5) is 4.79 Å². The van der Waals surface area contributed by atoms with Crippen LogP contribution in [0.3, 0.4) is 0 Å². The summed E-state index contributed by atoms with van der Waals surface area (Å²) in [7, 11) is 1.84. The van der Waals surface area contributed by atoms with Crippen LogP contribution < -0.4 is 0 Å². The fraction of sp³-hybridized carbons (Fsp3) is 0.500. The second-order valence-electron chi connectivity index (χ2n) is 4.93. The van der Waals surface area contributed by atoms with Crippen molar-refractivity contribution in [3.8, 4) is 0 Å². The topological polar surface area (TPSA) is 23.6 Å². The molecule has 0 atom stereocenters. The largest absolute Gasteiger partial charge is 0.330 e. The molecule has 2 rings (SSSR count). The standard InChI is InChI=1S/C14H19N2O.Y/c1-11(2)13-6-4-12(5-7-13)10-16-9-8-15(3)14(16)17;/h4-6,11H,8-10H2,1-3H3;/q-1;. The number of carbonyl (C=O) groups excluding carboxylic acids is 1. The molecule has 0 bridgehead atoms. The van der Waals surface area contributed by atoms with E-state index < -0.39 is 0 Å². The van der Waals surface area contributed by atoms with Gasteiger partial charge < -0.3 is 9.80 Å². The minimum atomic E-state index is 0. The third-order valence-corrected chi connectivity index (χ3v) is 3.20. The fourth-order valence-electron chi connectivity index (χ4n) is 2.00. The van der Waals surface area contributed by atoms with Crippen LogP contribution in [0.15, 0.2) is 18.2 Å². The Labute approximate surface area is 134 Å². The number of hydrogen-bond acceptors (Lipinski definition) is 1. The van der Waals surface area contributed by atoms with Gasteiger partial charge in [-0.1, -0.05) is 13.8 Å². The molecule has 2 amide bonds. The van der Waals surface area contributed by atoms with Gasteiger partial charge in [0, 0.05) is 59.4 Å². The van der Waals surface area contributed by atoms with Gasteiger partial charge in [-0.25, -0.2) is 4.79 Å². The molecule has 0 spiro atoms. The second kappa shape index (κ2) is 6.67. The molecule has 4 heteroatoms. The zero-order chi connectivity index (χ0) is 12.4. The summed E-state index contributed by atoms with van der Waals surface area (Å²) in [6.07, 6.45) is 0. The van der Waals surface area contributed by atoms with E-state index in [0.717, 1.165) is 18.7 Å². The van der Waals surface area contributed by atoms with Crippen LogP contribution in [-0.4, -0.2) is 36.0 Å². The van der Waals surface area contributed by atoms with Crippen molar-refractivity contribution in [2.45, 2.75) is 26.3 Å². The van der Waals surface area contributed by atoms with Crippen LogP contribution in [0.25, 0.3) is 0 Å². The molecule has 3 nitrogen and oxygen atoms in total. The molecular weight excluding hydrogens is 301 g/mol. The Morgan fingerprint density at radius 3 is 2.50 bits per heavy atom. The van der Waals surface area contributed by atoms with E-state index >= 15 is 0 Å². The van der Waals surface area contributed by atoms with Gasteiger partial charge in [-0.2, -0.15) is 29.8 Å². The van der Waals surface area contributed by atoms with Gasteiger partial charge in [0.1, 0.15) is 0 Å². The van der Waals surface area contributed by atoms with Crippen molar-refractivity contribution in [3.63, 3.8) is 0 Å². The number of likely N-dealkylation sites (N-methyl/N-ethyl adjacent to an activating group) is 1. The quantitative estimate of drug-likeness (QED) is 0.785. The smallest absolute Gasteiger partial charge is 0.319 e. The van der Waals surface area contributed by atoms with Crippen molar-refractivity contribution < 1.29 is 37.5 Å². The molecule has 0 aromatic heterocycles. The number of carbonyl (C=O) groups is 1. The van der Waals surface area contributed by atoms with Gasteiger partial charge in [0.15, 0.2) is 0 Å². The molecule has 18 heavy (non-hydrogen) atoms. The maximum absolute atomic E-state index is 11.7. The first-order valence-corrected chi connectivity index (χ1v) is 6.08. The Morgan fingerprint density at radius 1 is 1.33 bits per heavy atom. The Balaban J connectivity index is 0.00000162. The molecular formula is C14H19N2OY-. The van der Waals surface area contributed by atoms with Crippen LogP contribution >= 0.6 is 0 Å². The molecule has 1 aromatic carbocycles. The number of nitrogens with zero attached hydrogens (tertiary/aromatic N) is 2. The van der Waals surface area contributed by atoms with E-state index in [1.54, 1.807) is 4.90 Å². The van der Waals surface area contributed by atoms with Gasteiger partial charge in [0.2, 0.25) is 0 Å². The molecule has 1 aliphatic heterocycles. The normalized spacial score (nSPS) is 15.2. The second-order valence-corrected chi connectivity index (χ2v) is 4.93. The summed E-state index contributed by atoms with van der Waals surface area (Å²) < 4.78 is 0. The van der Waals surface area contributed by atoms with E-state index in [2.05, 4.69) is 32.0 Å². The van der Waals surface area contributed by atoms with Crippen LogP contribution in [0.5, 0.6) is 0 Å². The van der Waals surface area contributed by atoms with Gasteiger partial charge >= 0.3 is 6.03 Å². The average molecular weight is 320 g/mol. The number of benzene rings is 1. The monoisotopic (exact) mass is 320 g/mol. The Morgan fingerprint density at radius 2 is 2.06 bits per heavy atom. The molecule has 1 fully saturated rings. The fourth-order valence-corrected chi connectivity index (χ4v) is 2.00. The summed E-state index contributed by atoms with van der Waals surface area (Å²) >= 11 is 0. The molecule has 1 aromatic rings. The summed E-state index contributed by atoms with van der Waals surface area (Å²) in [5, 5.41) is 0. The van der Waals surface area contributed by atoms with Crippen molar-refractivity contribution in [2.75, 3.05) is 20.1 Å². The predicted molar refractivity (Wildman–Crippen MR) is 67.8 cm³/mol. The molecule has 0 saturated carbocycles. The summed E-state index contributed by atoms with van der Waals surface area (Å²) in [5.41, 5.74) is 2.37. The van der Waals surface area contributed by atoms with Crippen LogP contribution in [0.2, 0.25) is 0 Å². The first-order chi connectivity index (χ1) is 8.08. The SMILES string of the molecule is CC(C)c1[c-]cc(CN2CCN(C)C2=O)cc1.[Y]. The summed E-state index contributed by atoms with van der Waals surface area (Å²) in [6, 6.07) is 9.61. The van der Waals surface area contributed by atoms with E-state index in [1.807, 2.05) is 18.0 Å². The first kappa shape index (κ1) is 15.7. The minimum Gasteiger partial charge on any atom is -0.330 e. The van der Waals surface area contributed by atoms with Gasteiger partial charge in [0.05, 0.1) is 0 Å². The van der Waals surface area contributed by atoms with Crippen molar-refractivity contribution in [2.24, 2.45) is 0 Å². The van der Waals surface area contributed by atoms with Crippen molar-refractivity contribution in [1.82, 2.24) is 9.80 Å². The van der Waals surface area contributed by atoms with Gasteiger partial charge in [-0.05, 0) is 5.92 Å². The van der Waals surface area contributed by atoms with Crippen LogP contribution in [0, 0.1) is 6.07 Å². The molecule has 1 saturated heterocycles. The molecule has 1 aliphatic rings. The molecule has 0 N–H and O–H groups in total.